The molecule has 4 heteroatoms. The highest BCUT2D eigenvalue weighted by molar-refractivity contribution is 9.10. The first-order chi connectivity index (χ1) is 9.56. The van der Waals surface area contributed by atoms with E-state index in [2.05, 4.69) is 82.1 Å². The van der Waals surface area contributed by atoms with Gasteiger partial charge in [-0.2, -0.15) is 11.3 Å². The molecule has 2 aromatic rings. The fraction of sp³-hybridized carbons (Fsp3) is 0.375. The molecule has 0 saturated heterocycles. The summed E-state index contributed by atoms with van der Waals surface area (Å²) < 4.78 is 1.13. The highest BCUT2D eigenvalue weighted by Crippen LogP contribution is 2.25. The smallest absolute Gasteiger partial charge is 0.0434 e. The predicted molar refractivity (Wildman–Crippen MR) is 92.5 cm³/mol. The Morgan fingerprint density at radius 2 is 2.10 bits per heavy atom. The van der Waals surface area contributed by atoms with Gasteiger partial charge in [0.05, 0.1) is 0 Å². The van der Waals surface area contributed by atoms with Crippen LogP contribution in [0.5, 0.6) is 0 Å². The van der Waals surface area contributed by atoms with Gasteiger partial charge in [-0.15, -0.1) is 0 Å². The number of nitrogens with one attached hydrogen (secondary N) is 1. The maximum atomic E-state index is 3.57. The summed E-state index contributed by atoms with van der Waals surface area (Å²) >= 11 is 5.32. The summed E-state index contributed by atoms with van der Waals surface area (Å²) in [6.45, 7) is 6.18. The van der Waals surface area contributed by atoms with Crippen LogP contribution in [0, 0.1) is 0 Å². The molecule has 108 valence electrons. The average Bonchev–Trinajstić information content (AvgIpc) is 2.89. The third-order valence-corrected chi connectivity index (χ3v) is 4.38. The third kappa shape index (κ3) is 4.33. The molecular weight excluding hydrogens is 332 g/mol. The third-order valence-electron chi connectivity index (χ3n) is 3.15. The number of hydrogen-bond acceptors (Lipinski definition) is 3. The molecule has 1 N–H and O–H groups in total. The molecule has 0 unspecified atom stereocenters. The quantitative estimate of drug-likeness (QED) is 0.814. The Bertz CT molecular complexity index is 537. The van der Waals surface area contributed by atoms with E-state index in [0.717, 1.165) is 17.6 Å². The number of halogens is 1. The molecule has 20 heavy (non-hydrogen) atoms. The summed E-state index contributed by atoms with van der Waals surface area (Å²) in [5.74, 6) is 0. The standard InChI is InChI=1S/C16H21BrN2S/c1-12(2)18-9-14-8-15(17)4-5-16(14)19(3)10-13-6-7-20-11-13/h4-8,11-12,18H,9-10H2,1-3H3. The molecule has 0 spiro atoms. The van der Waals surface area contributed by atoms with Crippen molar-refractivity contribution in [3.8, 4) is 0 Å². The van der Waals surface area contributed by atoms with Crippen molar-refractivity contribution in [3.63, 3.8) is 0 Å². The number of hydrogen-bond donors (Lipinski definition) is 1. The van der Waals surface area contributed by atoms with Crippen LogP contribution in [0.15, 0.2) is 39.5 Å². The number of benzene rings is 1. The van der Waals surface area contributed by atoms with Crippen LogP contribution in [-0.2, 0) is 13.1 Å². The molecule has 0 amide bonds. The van der Waals surface area contributed by atoms with Gasteiger partial charge in [-0.25, -0.2) is 0 Å². The zero-order chi connectivity index (χ0) is 14.5. The Morgan fingerprint density at radius 1 is 1.30 bits per heavy atom. The zero-order valence-electron chi connectivity index (χ0n) is 12.2. The number of thiophene rings is 1. The van der Waals surface area contributed by atoms with E-state index < -0.39 is 0 Å². The molecule has 2 nitrogen and oxygen atoms in total. The molecular formula is C16H21BrN2S. The first-order valence-corrected chi connectivity index (χ1v) is 8.54. The second-order valence-electron chi connectivity index (χ2n) is 5.30. The van der Waals surface area contributed by atoms with E-state index in [1.54, 1.807) is 11.3 Å². The molecule has 0 fully saturated rings. The first-order valence-electron chi connectivity index (χ1n) is 6.80. The van der Waals surface area contributed by atoms with E-state index in [-0.39, 0.29) is 0 Å². The zero-order valence-corrected chi connectivity index (χ0v) is 14.6. The van der Waals surface area contributed by atoms with Crippen LogP contribution in [0.25, 0.3) is 0 Å². The summed E-state index contributed by atoms with van der Waals surface area (Å²) in [6.07, 6.45) is 0. The van der Waals surface area contributed by atoms with Crippen LogP contribution < -0.4 is 10.2 Å². The lowest BCUT2D eigenvalue weighted by molar-refractivity contribution is 0.588. The second kappa shape index (κ2) is 7.25. The van der Waals surface area contributed by atoms with Gasteiger partial charge in [-0.05, 0) is 46.2 Å². The van der Waals surface area contributed by atoms with Crippen LogP contribution in [-0.4, -0.2) is 13.1 Å². The van der Waals surface area contributed by atoms with Crippen molar-refractivity contribution in [3.05, 3.63) is 50.6 Å². The van der Waals surface area contributed by atoms with Crippen LogP contribution in [0.3, 0.4) is 0 Å². The van der Waals surface area contributed by atoms with Gasteiger partial charge >= 0.3 is 0 Å². The number of rotatable bonds is 6. The SMILES string of the molecule is CC(C)NCc1cc(Br)ccc1N(C)Cc1ccsc1. The van der Waals surface area contributed by atoms with Crippen LogP contribution in [0.4, 0.5) is 5.69 Å². The number of nitrogens with zero attached hydrogens (tertiary/aromatic N) is 1. The van der Waals surface area contributed by atoms with E-state index in [1.807, 2.05) is 0 Å². The maximum Gasteiger partial charge on any atom is 0.0434 e. The van der Waals surface area contributed by atoms with Gasteiger partial charge in [-0.1, -0.05) is 29.8 Å². The molecule has 1 aromatic heterocycles. The van der Waals surface area contributed by atoms with Gasteiger partial charge in [0.25, 0.3) is 0 Å². The molecule has 0 aliphatic rings. The van der Waals surface area contributed by atoms with Gasteiger partial charge in [0.1, 0.15) is 0 Å². The van der Waals surface area contributed by atoms with E-state index in [4.69, 9.17) is 0 Å². The van der Waals surface area contributed by atoms with Crippen molar-refractivity contribution < 1.29 is 0 Å². The van der Waals surface area contributed by atoms with E-state index in [0.29, 0.717) is 6.04 Å². The summed E-state index contributed by atoms with van der Waals surface area (Å²) in [6, 6.07) is 9.18. The Morgan fingerprint density at radius 3 is 2.75 bits per heavy atom. The molecule has 1 heterocycles. The number of anilines is 1. The second-order valence-corrected chi connectivity index (χ2v) is 6.99. The van der Waals surface area contributed by atoms with Crippen LogP contribution >= 0.6 is 27.3 Å². The van der Waals surface area contributed by atoms with Crippen LogP contribution in [0.2, 0.25) is 0 Å². The molecule has 0 atom stereocenters. The fourth-order valence-electron chi connectivity index (χ4n) is 2.12. The van der Waals surface area contributed by atoms with Gasteiger partial charge in [0, 0.05) is 36.3 Å². The summed E-state index contributed by atoms with van der Waals surface area (Å²) in [5, 5.41) is 7.84. The molecule has 1 aromatic carbocycles. The van der Waals surface area contributed by atoms with Gasteiger partial charge in [0.2, 0.25) is 0 Å². The minimum Gasteiger partial charge on any atom is -0.370 e. The van der Waals surface area contributed by atoms with Gasteiger partial charge in [-0.3, -0.25) is 0 Å². The van der Waals surface area contributed by atoms with Gasteiger partial charge in [0.15, 0.2) is 0 Å². The summed E-state index contributed by atoms with van der Waals surface area (Å²) in [5.41, 5.74) is 3.97. The summed E-state index contributed by atoms with van der Waals surface area (Å²) in [4.78, 5) is 2.31. The minimum absolute atomic E-state index is 0.490. The lowest BCUT2D eigenvalue weighted by Crippen LogP contribution is -2.24. The molecule has 0 aliphatic carbocycles. The normalized spacial score (nSPS) is 11.1. The van der Waals surface area contributed by atoms with Crippen molar-refractivity contribution in [1.82, 2.24) is 5.32 Å². The first kappa shape index (κ1) is 15.5. The minimum atomic E-state index is 0.490. The maximum absolute atomic E-state index is 3.57. The predicted octanol–water partition coefficient (Wildman–Crippen LogP) is 4.65. The molecule has 2 rings (SSSR count). The fourth-order valence-corrected chi connectivity index (χ4v) is 3.19. The van der Waals surface area contributed by atoms with Crippen molar-refractivity contribution in [2.45, 2.75) is 33.0 Å². The van der Waals surface area contributed by atoms with Crippen LogP contribution in [0.1, 0.15) is 25.0 Å². The van der Waals surface area contributed by atoms with E-state index >= 15 is 0 Å². The van der Waals surface area contributed by atoms with Crippen molar-refractivity contribution in [1.29, 1.82) is 0 Å². The Labute approximate surface area is 133 Å². The lowest BCUT2D eigenvalue weighted by Gasteiger charge is -2.23. The Hall–Kier alpha value is -0.840. The van der Waals surface area contributed by atoms with Crippen molar-refractivity contribution >= 4 is 33.0 Å². The monoisotopic (exact) mass is 352 g/mol. The Balaban J connectivity index is 2.16. The highest BCUT2D eigenvalue weighted by atomic mass is 79.9. The molecule has 0 bridgehead atoms. The lowest BCUT2D eigenvalue weighted by atomic mass is 10.1. The van der Waals surface area contributed by atoms with E-state index in [1.165, 1.54) is 16.8 Å². The highest BCUT2D eigenvalue weighted by Gasteiger charge is 2.09. The van der Waals surface area contributed by atoms with Crippen molar-refractivity contribution in [2.75, 3.05) is 11.9 Å². The largest absolute Gasteiger partial charge is 0.370 e. The van der Waals surface area contributed by atoms with E-state index in [9.17, 15) is 0 Å². The average molecular weight is 353 g/mol. The van der Waals surface area contributed by atoms with Crippen molar-refractivity contribution in [2.24, 2.45) is 0 Å². The molecule has 0 aliphatic heterocycles. The van der Waals surface area contributed by atoms with Gasteiger partial charge < -0.3 is 10.2 Å². The topological polar surface area (TPSA) is 15.3 Å². The summed E-state index contributed by atoms with van der Waals surface area (Å²) in [7, 11) is 2.15. The molecule has 0 radical (unpaired) electrons. The Kier molecular flexibility index (Phi) is 5.64. The molecule has 0 saturated carbocycles.